The van der Waals surface area contributed by atoms with Crippen molar-refractivity contribution in [3.8, 4) is 5.75 Å². The van der Waals surface area contributed by atoms with E-state index in [1.807, 2.05) is 36.4 Å². The number of esters is 1. The lowest BCUT2D eigenvalue weighted by Crippen LogP contribution is -2.37. The summed E-state index contributed by atoms with van der Waals surface area (Å²) in [6.45, 7) is 2.32. The summed E-state index contributed by atoms with van der Waals surface area (Å²) in [7, 11) is 1.59. The molecule has 8 nitrogen and oxygen atoms in total. The van der Waals surface area contributed by atoms with Gasteiger partial charge in [-0.15, -0.1) is 0 Å². The summed E-state index contributed by atoms with van der Waals surface area (Å²) in [5.41, 5.74) is 2.40. The van der Waals surface area contributed by atoms with E-state index in [1.54, 1.807) is 55.3 Å². The highest BCUT2D eigenvalue weighted by molar-refractivity contribution is 9.10. The number of nitrogens with one attached hydrogen (secondary N) is 1. The molecule has 1 saturated heterocycles. The smallest absolute Gasteiger partial charge is 0.338 e. The number of ether oxygens (including phenoxy) is 2. The van der Waals surface area contributed by atoms with Crippen molar-refractivity contribution >= 4 is 62.4 Å². The summed E-state index contributed by atoms with van der Waals surface area (Å²) < 4.78 is 11.2. The molecule has 1 aliphatic rings. The summed E-state index contributed by atoms with van der Waals surface area (Å²) >= 11 is 9.12. The highest BCUT2D eigenvalue weighted by Gasteiger charge is 2.44. The third kappa shape index (κ3) is 6.20. The van der Waals surface area contributed by atoms with Gasteiger partial charge >= 0.3 is 5.97 Å². The van der Waals surface area contributed by atoms with Gasteiger partial charge < -0.3 is 19.7 Å². The molecule has 0 radical (unpaired) electrons. The molecule has 1 heterocycles. The van der Waals surface area contributed by atoms with Crippen molar-refractivity contribution in [1.82, 2.24) is 4.90 Å². The Kier molecular flexibility index (Phi) is 8.75. The number of rotatable bonds is 9. The van der Waals surface area contributed by atoms with Gasteiger partial charge in [0.15, 0.2) is 5.11 Å². The monoisotopic (exact) mass is 595 g/mol. The van der Waals surface area contributed by atoms with Crippen molar-refractivity contribution in [3.05, 3.63) is 88.4 Å². The summed E-state index contributed by atoms with van der Waals surface area (Å²) in [6.07, 6.45) is -0.0946. The maximum absolute atomic E-state index is 13.7. The van der Waals surface area contributed by atoms with Crippen LogP contribution in [0.15, 0.2) is 77.3 Å². The van der Waals surface area contributed by atoms with Crippen LogP contribution >= 0.6 is 28.1 Å². The number of hydrogen-bond donors (Lipinski definition) is 1. The maximum Gasteiger partial charge on any atom is 0.338 e. The van der Waals surface area contributed by atoms with Crippen molar-refractivity contribution in [2.24, 2.45) is 0 Å². The third-order valence-corrected chi connectivity index (χ3v) is 6.92. The molecule has 0 bridgehead atoms. The summed E-state index contributed by atoms with van der Waals surface area (Å²) in [5, 5.41) is 3.12. The SMILES string of the molecule is CCOC(=O)c1ccc(N2C(=O)C(CC(=O)Nc3ccc(Br)cc3)N(Cc3ccc(OC)cc3)C2=S)cc1. The van der Waals surface area contributed by atoms with Gasteiger partial charge in [0.2, 0.25) is 5.91 Å². The largest absolute Gasteiger partial charge is 0.497 e. The highest BCUT2D eigenvalue weighted by Crippen LogP contribution is 2.30. The van der Waals surface area contributed by atoms with Gasteiger partial charge in [0.25, 0.3) is 5.91 Å². The number of methoxy groups -OCH3 is 1. The fraction of sp³-hybridized carbons (Fsp3) is 0.214. The van der Waals surface area contributed by atoms with Gasteiger partial charge in [-0.25, -0.2) is 4.79 Å². The van der Waals surface area contributed by atoms with Crippen LogP contribution in [-0.4, -0.2) is 47.6 Å². The zero-order valence-electron chi connectivity index (χ0n) is 20.8. The first-order chi connectivity index (χ1) is 18.3. The van der Waals surface area contributed by atoms with Crippen LogP contribution in [0.3, 0.4) is 0 Å². The molecule has 1 fully saturated rings. The van der Waals surface area contributed by atoms with Crippen molar-refractivity contribution in [1.29, 1.82) is 0 Å². The Hall–Kier alpha value is -3.76. The van der Waals surface area contributed by atoms with Crippen LogP contribution in [-0.2, 0) is 20.9 Å². The normalized spacial score (nSPS) is 15.0. The van der Waals surface area contributed by atoms with Crippen LogP contribution in [0, 0.1) is 0 Å². The number of carbonyl (C=O) groups is 3. The molecule has 4 rings (SSSR count). The van der Waals surface area contributed by atoms with E-state index in [-0.39, 0.29) is 30.0 Å². The Morgan fingerprint density at radius 3 is 2.26 bits per heavy atom. The summed E-state index contributed by atoms with van der Waals surface area (Å²) in [5.74, 6) is -0.369. The molecule has 1 unspecified atom stereocenters. The van der Waals surface area contributed by atoms with E-state index in [2.05, 4.69) is 21.2 Å². The molecule has 196 valence electrons. The molecular formula is C28H26BrN3O5S. The number of halogens is 1. The van der Waals surface area contributed by atoms with Gasteiger partial charge in [0.1, 0.15) is 11.8 Å². The second-order valence-corrected chi connectivity index (χ2v) is 9.76. The van der Waals surface area contributed by atoms with Crippen LogP contribution in [0.25, 0.3) is 0 Å². The molecule has 10 heteroatoms. The van der Waals surface area contributed by atoms with Gasteiger partial charge in [0, 0.05) is 16.7 Å². The van der Waals surface area contributed by atoms with E-state index < -0.39 is 12.0 Å². The van der Waals surface area contributed by atoms with Crippen LogP contribution in [0.4, 0.5) is 11.4 Å². The van der Waals surface area contributed by atoms with Crippen molar-refractivity contribution < 1.29 is 23.9 Å². The van der Waals surface area contributed by atoms with E-state index in [0.29, 0.717) is 29.2 Å². The van der Waals surface area contributed by atoms with E-state index in [4.69, 9.17) is 21.7 Å². The standard InChI is InChI=1S/C28H26BrN3O5S/c1-3-37-27(35)19-6-12-22(13-7-19)32-26(34)24(16-25(33)30-21-10-8-20(29)9-11-21)31(28(32)38)17-18-4-14-23(36-2)15-5-18/h4-15,24H,3,16-17H2,1-2H3,(H,30,33). The fourth-order valence-corrected chi connectivity index (χ4v) is 4.71. The number of anilines is 2. The average Bonchev–Trinajstić information content (AvgIpc) is 3.14. The van der Waals surface area contributed by atoms with Gasteiger partial charge in [-0.3, -0.25) is 14.5 Å². The lowest BCUT2D eigenvalue weighted by Gasteiger charge is -2.24. The quantitative estimate of drug-likeness (QED) is 0.270. The van der Waals surface area contributed by atoms with Gasteiger partial charge in [-0.1, -0.05) is 28.1 Å². The average molecular weight is 597 g/mol. The van der Waals surface area contributed by atoms with Gasteiger partial charge in [-0.2, -0.15) is 0 Å². The molecule has 1 N–H and O–H groups in total. The molecule has 0 saturated carbocycles. The van der Waals surface area contributed by atoms with E-state index in [9.17, 15) is 14.4 Å². The molecule has 1 aliphatic heterocycles. The Balaban J connectivity index is 1.59. The molecule has 1 atom stereocenters. The van der Waals surface area contributed by atoms with Crippen LogP contribution in [0.1, 0.15) is 29.3 Å². The summed E-state index contributed by atoms with van der Waals surface area (Å²) in [4.78, 5) is 41.9. The molecule has 0 aromatic heterocycles. The predicted octanol–water partition coefficient (Wildman–Crippen LogP) is 5.17. The first kappa shape index (κ1) is 27.3. The second kappa shape index (κ2) is 12.2. The Bertz CT molecular complexity index is 1330. The second-order valence-electron chi connectivity index (χ2n) is 8.47. The minimum atomic E-state index is -0.815. The molecule has 3 aromatic rings. The Labute approximate surface area is 234 Å². The zero-order chi connectivity index (χ0) is 27.2. The molecule has 0 spiro atoms. The van der Waals surface area contributed by atoms with E-state index in [1.165, 1.54) is 4.90 Å². The zero-order valence-corrected chi connectivity index (χ0v) is 23.3. The van der Waals surface area contributed by atoms with Crippen LogP contribution < -0.4 is 15.0 Å². The lowest BCUT2D eigenvalue weighted by atomic mass is 10.1. The van der Waals surface area contributed by atoms with Crippen molar-refractivity contribution in [2.45, 2.75) is 25.9 Å². The van der Waals surface area contributed by atoms with Crippen LogP contribution in [0.2, 0.25) is 0 Å². The third-order valence-electron chi connectivity index (χ3n) is 5.97. The maximum atomic E-state index is 13.7. The Morgan fingerprint density at radius 1 is 1.00 bits per heavy atom. The number of benzene rings is 3. The number of carbonyl (C=O) groups excluding carboxylic acids is 3. The molecule has 3 aromatic carbocycles. The first-order valence-corrected chi connectivity index (χ1v) is 13.1. The molecule has 0 aliphatic carbocycles. The van der Waals surface area contributed by atoms with E-state index in [0.717, 1.165) is 10.0 Å². The lowest BCUT2D eigenvalue weighted by molar-refractivity contribution is -0.124. The van der Waals surface area contributed by atoms with Gasteiger partial charge in [-0.05, 0) is 85.4 Å². The Morgan fingerprint density at radius 2 is 1.66 bits per heavy atom. The minimum absolute atomic E-state index is 0.0946. The van der Waals surface area contributed by atoms with Gasteiger partial charge in [0.05, 0.1) is 31.4 Å². The molecular weight excluding hydrogens is 570 g/mol. The summed E-state index contributed by atoms with van der Waals surface area (Å²) in [6, 6.07) is 20.3. The number of hydrogen-bond acceptors (Lipinski definition) is 6. The molecule has 38 heavy (non-hydrogen) atoms. The first-order valence-electron chi connectivity index (χ1n) is 11.9. The number of amides is 2. The topological polar surface area (TPSA) is 88.2 Å². The highest BCUT2D eigenvalue weighted by atomic mass is 79.9. The van der Waals surface area contributed by atoms with E-state index >= 15 is 0 Å². The van der Waals surface area contributed by atoms with Crippen LogP contribution in [0.5, 0.6) is 5.75 Å². The van der Waals surface area contributed by atoms with Crippen molar-refractivity contribution in [2.75, 3.05) is 23.9 Å². The number of thiocarbonyl (C=S) groups is 1. The fourth-order valence-electron chi connectivity index (χ4n) is 4.06. The number of nitrogens with zero attached hydrogens (tertiary/aromatic N) is 2. The van der Waals surface area contributed by atoms with Crippen molar-refractivity contribution in [3.63, 3.8) is 0 Å². The minimum Gasteiger partial charge on any atom is -0.497 e. The predicted molar refractivity (Wildman–Crippen MR) is 152 cm³/mol. The molecule has 2 amide bonds.